The van der Waals surface area contributed by atoms with Crippen molar-refractivity contribution in [3.05, 3.63) is 29.3 Å². The van der Waals surface area contributed by atoms with Crippen LogP contribution in [0, 0.1) is 11.8 Å². The SMILES string of the molecule is COc1cc(C(F)(F)F)ccc1C#CC=O. The average Bonchev–Trinajstić information content (AvgIpc) is 2.24. The normalized spacial score (nSPS) is 10.2. The van der Waals surface area contributed by atoms with Crippen LogP contribution in [0.25, 0.3) is 0 Å². The number of carbonyl (C=O) groups excluding carboxylic acids is 1. The predicted octanol–water partition coefficient (Wildman–Crippen LogP) is 2.26. The number of rotatable bonds is 1. The van der Waals surface area contributed by atoms with Crippen LogP contribution in [-0.4, -0.2) is 13.4 Å². The highest BCUT2D eigenvalue weighted by atomic mass is 19.4. The quantitative estimate of drug-likeness (QED) is 0.544. The van der Waals surface area contributed by atoms with Gasteiger partial charge in [0.1, 0.15) is 5.75 Å². The summed E-state index contributed by atoms with van der Waals surface area (Å²) in [6.45, 7) is 0. The maximum absolute atomic E-state index is 12.3. The summed E-state index contributed by atoms with van der Waals surface area (Å²) in [5.41, 5.74) is -0.580. The first-order chi connectivity index (χ1) is 7.49. The van der Waals surface area contributed by atoms with Crippen LogP contribution >= 0.6 is 0 Å². The van der Waals surface area contributed by atoms with Gasteiger partial charge >= 0.3 is 6.18 Å². The lowest BCUT2D eigenvalue weighted by molar-refractivity contribution is -0.137. The van der Waals surface area contributed by atoms with E-state index in [0.717, 1.165) is 18.2 Å². The third-order valence-corrected chi connectivity index (χ3v) is 1.79. The lowest BCUT2D eigenvalue weighted by atomic mass is 10.1. The minimum Gasteiger partial charge on any atom is -0.495 e. The summed E-state index contributed by atoms with van der Waals surface area (Å²) in [5, 5.41) is 0. The second-order valence-corrected chi connectivity index (χ2v) is 2.80. The number of halogens is 3. The molecule has 1 aromatic rings. The number of methoxy groups -OCH3 is 1. The first kappa shape index (κ1) is 12.1. The fourth-order valence-electron chi connectivity index (χ4n) is 1.08. The second-order valence-electron chi connectivity index (χ2n) is 2.80. The molecule has 16 heavy (non-hydrogen) atoms. The predicted molar refractivity (Wildman–Crippen MR) is 50.9 cm³/mol. The van der Waals surface area contributed by atoms with Gasteiger partial charge < -0.3 is 4.74 Å². The van der Waals surface area contributed by atoms with Crippen LogP contribution in [0.4, 0.5) is 13.2 Å². The van der Waals surface area contributed by atoms with Crippen molar-refractivity contribution >= 4 is 6.29 Å². The highest BCUT2D eigenvalue weighted by Crippen LogP contribution is 2.32. The van der Waals surface area contributed by atoms with Crippen LogP contribution in [0.15, 0.2) is 18.2 Å². The molecule has 0 unspecified atom stereocenters. The Balaban J connectivity index is 3.22. The number of alkyl halides is 3. The van der Waals surface area contributed by atoms with Crippen LogP contribution in [0.1, 0.15) is 11.1 Å². The minimum absolute atomic E-state index is 0.0100. The van der Waals surface area contributed by atoms with Gasteiger partial charge in [-0.25, -0.2) is 0 Å². The van der Waals surface area contributed by atoms with Crippen LogP contribution in [0.3, 0.4) is 0 Å². The Labute approximate surface area is 90.0 Å². The van der Waals surface area contributed by atoms with E-state index in [2.05, 4.69) is 11.8 Å². The van der Waals surface area contributed by atoms with Crippen molar-refractivity contribution in [2.24, 2.45) is 0 Å². The fourth-order valence-corrected chi connectivity index (χ4v) is 1.08. The number of benzene rings is 1. The lowest BCUT2D eigenvalue weighted by Gasteiger charge is -2.09. The molecule has 0 heterocycles. The molecule has 0 aliphatic carbocycles. The minimum atomic E-state index is -4.43. The molecule has 0 aliphatic rings. The van der Waals surface area contributed by atoms with E-state index in [1.54, 1.807) is 0 Å². The van der Waals surface area contributed by atoms with Gasteiger partial charge in [0.2, 0.25) is 0 Å². The van der Waals surface area contributed by atoms with Crippen molar-refractivity contribution in [1.29, 1.82) is 0 Å². The van der Waals surface area contributed by atoms with Gasteiger partial charge in [0.15, 0.2) is 6.29 Å². The standard InChI is InChI=1S/C11H7F3O2/c1-16-10-7-9(11(12,13)14)5-4-8(10)3-2-6-15/h4-7H,1H3. The molecule has 0 saturated heterocycles. The Kier molecular flexibility index (Phi) is 3.56. The Morgan fingerprint density at radius 1 is 1.38 bits per heavy atom. The van der Waals surface area contributed by atoms with Gasteiger partial charge in [-0.3, -0.25) is 4.79 Å². The first-order valence-corrected chi connectivity index (χ1v) is 4.19. The molecule has 2 nitrogen and oxygen atoms in total. The summed E-state index contributed by atoms with van der Waals surface area (Å²) in [6.07, 6.45) is -4.07. The topological polar surface area (TPSA) is 26.3 Å². The smallest absolute Gasteiger partial charge is 0.416 e. The maximum Gasteiger partial charge on any atom is 0.416 e. The highest BCUT2D eigenvalue weighted by molar-refractivity contribution is 5.74. The molecule has 0 saturated carbocycles. The molecule has 0 spiro atoms. The van der Waals surface area contributed by atoms with E-state index in [4.69, 9.17) is 4.74 Å². The molecule has 1 aromatic carbocycles. The first-order valence-electron chi connectivity index (χ1n) is 4.19. The average molecular weight is 228 g/mol. The third-order valence-electron chi connectivity index (χ3n) is 1.79. The zero-order chi connectivity index (χ0) is 12.2. The molecule has 5 heteroatoms. The zero-order valence-electron chi connectivity index (χ0n) is 8.26. The van der Waals surface area contributed by atoms with E-state index in [1.807, 2.05) is 0 Å². The molecule has 0 atom stereocenters. The highest BCUT2D eigenvalue weighted by Gasteiger charge is 2.31. The fraction of sp³-hybridized carbons (Fsp3) is 0.182. The van der Waals surface area contributed by atoms with Gasteiger partial charge in [0.25, 0.3) is 0 Å². The van der Waals surface area contributed by atoms with Crippen LogP contribution in [0.5, 0.6) is 5.75 Å². The number of aldehydes is 1. The molecule has 0 N–H and O–H groups in total. The summed E-state index contributed by atoms with van der Waals surface area (Å²) < 4.78 is 41.8. The Bertz CT molecular complexity index is 453. The molecule has 1 rings (SSSR count). The molecule has 84 valence electrons. The van der Waals surface area contributed by atoms with Crippen LogP contribution < -0.4 is 4.74 Å². The molecule has 0 amide bonds. The third kappa shape index (κ3) is 2.76. The van der Waals surface area contributed by atoms with Gasteiger partial charge in [-0.05, 0) is 24.1 Å². The van der Waals surface area contributed by atoms with E-state index >= 15 is 0 Å². The van der Waals surface area contributed by atoms with Gasteiger partial charge in [-0.2, -0.15) is 13.2 Å². The van der Waals surface area contributed by atoms with E-state index in [9.17, 15) is 18.0 Å². The van der Waals surface area contributed by atoms with Crippen molar-refractivity contribution in [2.75, 3.05) is 7.11 Å². The lowest BCUT2D eigenvalue weighted by Crippen LogP contribution is -2.05. The zero-order valence-corrected chi connectivity index (χ0v) is 8.26. The van der Waals surface area contributed by atoms with E-state index in [-0.39, 0.29) is 11.3 Å². The Hall–Kier alpha value is -1.96. The molecule has 0 aliphatic heterocycles. The molecular weight excluding hydrogens is 221 g/mol. The summed E-state index contributed by atoms with van der Waals surface area (Å²) in [5.74, 6) is 4.48. The van der Waals surface area contributed by atoms with E-state index < -0.39 is 11.7 Å². The van der Waals surface area contributed by atoms with Gasteiger partial charge in [-0.15, -0.1) is 0 Å². The van der Waals surface area contributed by atoms with Crippen molar-refractivity contribution in [2.45, 2.75) is 6.18 Å². The number of carbonyl (C=O) groups is 1. The largest absolute Gasteiger partial charge is 0.495 e. The van der Waals surface area contributed by atoms with Crippen LogP contribution in [-0.2, 0) is 11.0 Å². The number of ether oxygens (including phenoxy) is 1. The molecule has 0 fully saturated rings. The Morgan fingerprint density at radius 3 is 2.56 bits per heavy atom. The van der Waals surface area contributed by atoms with E-state index in [0.29, 0.717) is 6.29 Å². The van der Waals surface area contributed by atoms with Gasteiger partial charge in [0, 0.05) is 0 Å². The van der Waals surface area contributed by atoms with Gasteiger partial charge in [-0.1, -0.05) is 5.92 Å². The van der Waals surface area contributed by atoms with Crippen molar-refractivity contribution in [1.82, 2.24) is 0 Å². The number of hydrogen-bond acceptors (Lipinski definition) is 2. The van der Waals surface area contributed by atoms with Crippen molar-refractivity contribution < 1.29 is 22.7 Å². The maximum atomic E-state index is 12.3. The molecular formula is C11H7F3O2. The second kappa shape index (κ2) is 4.71. The number of hydrogen-bond donors (Lipinski definition) is 0. The monoisotopic (exact) mass is 228 g/mol. The molecule has 0 aromatic heterocycles. The Morgan fingerprint density at radius 2 is 2.06 bits per heavy atom. The molecule has 0 bridgehead atoms. The van der Waals surface area contributed by atoms with Gasteiger partial charge in [0.05, 0.1) is 18.2 Å². The summed E-state index contributed by atoms with van der Waals surface area (Å²) in [4.78, 5) is 10.0. The van der Waals surface area contributed by atoms with Crippen molar-refractivity contribution in [3.8, 4) is 17.6 Å². The summed E-state index contributed by atoms with van der Waals surface area (Å²) >= 11 is 0. The van der Waals surface area contributed by atoms with Crippen molar-refractivity contribution in [3.63, 3.8) is 0 Å². The summed E-state index contributed by atoms with van der Waals surface area (Å²) in [6, 6.07) is 2.89. The molecule has 0 radical (unpaired) electrons. The van der Waals surface area contributed by atoms with Crippen LogP contribution in [0.2, 0.25) is 0 Å². The summed E-state index contributed by atoms with van der Waals surface area (Å²) in [7, 11) is 1.24. The van der Waals surface area contributed by atoms with E-state index in [1.165, 1.54) is 7.11 Å².